The van der Waals surface area contributed by atoms with E-state index < -0.39 is 0 Å². The third-order valence-corrected chi connectivity index (χ3v) is 3.91. The first-order chi connectivity index (χ1) is 9.72. The zero-order valence-corrected chi connectivity index (χ0v) is 11.7. The molecular formula is C15H20N4O. The monoisotopic (exact) mass is 272 g/mol. The lowest BCUT2D eigenvalue weighted by Crippen LogP contribution is -2.26. The number of pyridine rings is 1. The normalized spacial score (nSPS) is 16.2. The quantitative estimate of drug-likeness (QED) is 0.902. The molecule has 1 fully saturated rings. The Morgan fingerprint density at radius 3 is 2.80 bits per heavy atom. The largest absolute Gasteiger partial charge is 0.378 e. The van der Waals surface area contributed by atoms with E-state index in [0.717, 1.165) is 24.0 Å². The van der Waals surface area contributed by atoms with Gasteiger partial charge in [0.1, 0.15) is 5.69 Å². The summed E-state index contributed by atoms with van der Waals surface area (Å²) in [5, 5.41) is 7.56. The molecular weight excluding hydrogens is 252 g/mol. The smallest absolute Gasteiger partial charge is 0.271 e. The van der Waals surface area contributed by atoms with Crippen LogP contribution >= 0.6 is 0 Å². The summed E-state index contributed by atoms with van der Waals surface area (Å²) in [4.78, 5) is 14.8. The van der Waals surface area contributed by atoms with Crippen LogP contribution in [0.3, 0.4) is 0 Å². The summed E-state index contributed by atoms with van der Waals surface area (Å²) in [6.45, 7) is 0. The van der Waals surface area contributed by atoms with Gasteiger partial charge in [-0.1, -0.05) is 19.3 Å². The van der Waals surface area contributed by atoms with Gasteiger partial charge in [-0.05, 0) is 18.9 Å². The van der Waals surface area contributed by atoms with E-state index in [1.165, 1.54) is 19.3 Å². The van der Waals surface area contributed by atoms with Crippen molar-refractivity contribution in [1.82, 2.24) is 14.8 Å². The molecule has 0 unspecified atom stereocenters. The summed E-state index contributed by atoms with van der Waals surface area (Å²) in [5.41, 5.74) is 2.60. The molecule has 2 heterocycles. The Bertz CT molecular complexity index is 637. The van der Waals surface area contributed by atoms with Gasteiger partial charge in [0.25, 0.3) is 5.56 Å². The van der Waals surface area contributed by atoms with E-state index in [1.54, 1.807) is 17.1 Å². The summed E-state index contributed by atoms with van der Waals surface area (Å²) in [5.74, 6) is 0. The molecule has 1 aliphatic carbocycles. The summed E-state index contributed by atoms with van der Waals surface area (Å²) in [7, 11) is 1.89. The lowest BCUT2D eigenvalue weighted by molar-refractivity contribution is 0.462. The van der Waals surface area contributed by atoms with Crippen LogP contribution in [0.2, 0.25) is 0 Å². The number of nitrogens with one attached hydrogen (secondary N) is 2. The number of rotatable bonds is 3. The zero-order valence-electron chi connectivity index (χ0n) is 11.7. The fraction of sp³-hybridized carbons (Fsp3) is 0.467. The minimum absolute atomic E-state index is 0.0526. The lowest BCUT2D eigenvalue weighted by Gasteiger charge is -2.23. The van der Waals surface area contributed by atoms with Crippen LogP contribution in [-0.4, -0.2) is 20.8 Å². The first-order valence-electron chi connectivity index (χ1n) is 7.20. The van der Waals surface area contributed by atoms with Gasteiger partial charge in [-0.25, -0.2) is 0 Å². The number of nitrogens with zero attached hydrogens (tertiary/aromatic N) is 2. The topological polar surface area (TPSA) is 62.7 Å². The maximum atomic E-state index is 11.9. The number of aryl methyl sites for hydroxylation is 1. The van der Waals surface area contributed by atoms with Crippen molar-refractivity contribution in [2.45, 2.75) is 38.1 Å². The maximum Gasteiger partial charge on any atom is 0.271 e. The molecule has 20 heavy (non-hydrogen) atoms. The second kappa shape index (κ2) is 5.53. The maximum absolute atomic E-state index is 11.9. The first kappa shape index (κ1) is 13.0. The SMILES string of the molecule is Cn1cc(-c2c[nH]c(=O)c(NC3CCCCC3)c2)cn1. The Morgan fingerprint density at radius 1 is 1.30 bits per heavy atom. The zero-order chi connectivity index (χ0) is 13.9. The predicted molar refractivity (Wildman–Crippen MR) is 79.8 cm³/mol. The van der Waals surface area contributed by atoms with E-state index in [-0.39, 0.29) is 5.56 Å². The third-order valence-electron chi connectivity index (χ3n) is 3.91. The van der Waals surface area contributed by atoms with Gasteiger partial charge in [0, 0.05) is 36.6 Å². The van der Waals surface area contributed by atoms with Crippen molar-refractivity contribution < 1.29 is 0 Å². The van der Waals surface area contributed by atoms with Crippen LogP contribution in [0.5, 0.6) is 0 Å². The van der Waals surface area contributed by atoms with E-state index >= 15 is 0 Å². The van der Waals surface area contributed by atoms with Crippen molar-refractivity contribution in [3.05, 3.63) is 35.0 Å². The van der Waals surface area contributed by atoms with Gasteiger partial charge in [-0.3, -0.25) is 9.48 Å². The molecule has 106 valence electrons. The summed E-state index contributed by atoms with van der Waals surface area (Å²) < 4.78 is 1.76. The second-order valence-corrected chi connectivity index (χ2v) is 5.51. The fourth-order valence-electron chi connectivity index (χ4n) is 2.79. The van der Waals surface area contributed by atoms with Crippen molar-refractivity contribution >= 4 is 5.69 Å². The van der Waals surface area contributed by atoms with Gasteiger partial charge in [-0.2, -0.15) is 5.10 Å². The van der Waals surface area contributed by atoms with Crippen molar-refractivity contribution in [1.29, 1.82) is 0 Å². The van der Waals surface area contributed by atoms with Crippen molar-refractivity contribution in [2.24, 2.45) is 7.05 Å². The number of aromatic nitrogens is 3. The molecule has 5 nitrogen and oxygen atoms in total. The van der Waals surface area contributed by atoms with Crippen LogP contribution in [0.25, 0.3) is 11.1 Å². The van der Waals surface area contributed by atoms with E-state index in [2.05, 4.69) is 15.4 Å². The number of hydrogen-bond donors (Lipinski definition) is 2. The molecule has 2 aromatic rings. The molecule has 0 saturated heterocycles. The molecule has 1 aliphatic rings. The van der Waals surface area contributed by atoms with E-state index in [0.29, 0.717) is 11.7 Å². The van der Waals surface area contributed by atoms with Gasteiger partial charge in [-0.15, -0.1) is 0 Å². The molecule has 2 aromatic heterocycles. The Labute approximate surface area is 118 Å². The number of hydrogen-bond acceptors (Lipinski definition) is 3. The Kier molecular flexibility index (Phi) is 3.58. The predicted octanol–water partition coefficient (Wildman–Crippen LogP) is 2.52. The van der Waals surface area contributed by atoms with Gasteiger partial charge < -0.3 is 10.3 Å². The molecule has 0 amide bonds. The second-order valence-electron chi connectivity index (χ2n) is 5.51. The summed E-state index contributed by atoms with van der Waals surface area (Å²) in [6, 6.07) is 2.35. The van der Waals surface area contributed by atoms with E-state index in [9.17, 15) is 4.79 Å². The molecule has 0 spiro atoms. The fourth-order valence-corrected chi connectivity index (χ4v) is 2.79. The Balaban J connectivity index is 1.84. The lowest BCUT2D eigenvalue weighted by atomic mass is 9.95. The van der Waals surface area contributed by atoms with Crippen LogP contribution < -0.4 is 10.9 Å². The van der Waals surface area contributed by atoms with Crippen LogP contribution in [0, 0.1) is 0 Å². The molecule has 0 atom stereocenters. The van der Waals surface area contributed by atoms with Crippen molar-refractivity contribution in [3.63, 3.8) is 0 Å². The molecule has 0 aromatic carbocycles. The average molecular weight is 272 g/mol. The van der Waals surface area contributed by atoms with Crippen LogP contribution in [-0.2, 0) is 7.05 Å². The molecule has 0 bridgehead atoms. The molecule has 1 saturated carbocycles. The Morgan fingerprint density at radius 2 is 2.10 bits per heavy atom. The Hall–Kier alpha value is -2.04. The minimum Gasteiger partial charge on any atom is -0.378 e. The molecule has 5 heteroatoms. The van der Waals surface area contributed by atoms with Gasteiger partial charge in [0.15, 0.2) is 0 Å². The van der Waals surface area contributed by atoms with Crippen LogP contribution in [0.15, 0.2) is 29.5 Å². The van der Waals surface area contributed by atoms with Gasteiger partial charge >= 0.3 is 0 Å². The molecule has 0 aliphatic heterocycles. The standard InChI is InChI=1S/C15H20N4O/c1-19-10-12(9-17-19)11-7-14(15(20)16-8-11)18-13-5-3-2-4-6-13/h7-10,13,18H,2-6H2,1H3,(H,16,20). The summed E-state index contributed by atoms with van der Waals surface area (Å²) in [6.07, 6.45) is 11.6. The highest BCUT2D eigenvalue weighted by Gasteiger charge is 2.15. The molecule has 2 N–H and O–H groups in total. The highest BCUT2D eigenvalue weighted by atomic mass is 16.1. The first-order valence-corrected chi connectivity index (χ1v) is 7.20. The summed E-state index contributed by atoms with van der Waals surface area (Å²) >= 11 is 0. The van der Waals surface area contributed by atoms with Crippen molar-refractivity contribution in [2.75, 3.05) is 5.32 Å². The van der Waals surface area contributed by atoms with Crippen molar-refractivity contribution in [3.8, 4) is 11.1 Å². The highest BCUT2D eigenvalue weighted by Crippen LogP contribution is 2.23. The van der Waals surface area contributed by atoms with Gasteiger partial charge in [0.05, 0.1) is 6.20 Å². The molecule has 0 radical (unpaired) electrons. The number of anilines is 1. The van der Waals surface area contributed by atoms with Crippen LogP contribution in [0.4, 0.5) is 5.69 Å². The number of aromatic amines is 1. The number of H-pyrrole nitrogens is 1. The average Bonchev–Trinajstić information content (AvgIpc) is 2.89. The van der Waals surface area contributed by atoms with E-state index in [1.807, 2.05) is 19.3 Å². The third kappa shape index (κ3) is 2.76. The minimum atomic E-state index is -0.0526. The van der Waals surface area contributed by atoms with Crippen LogP contribution in [0.1, 0.15) is 32.1 Å². The highest BCUT2D eigenvalue weighted by molar-refractivity contribution is 5.65. The molecule has 3 rings (SSSR count). The van der Waals surface area contributed by atoms with Gasteiger partial charge in [0.2, 0.25) is 0 Å². The van der Waals surface area contributed by atoms with E-state index in [4.69, 9.17) is 0 Å².